The lowest BCUT2D eigenvalue weighted by molar-refractivity contribution is -0.116. The predicted molar refractivity (Wildman–Crippen MR) is 149 cm³/mol. The van der Waals surface area contributed by atoms with Crippen LogP contribution >= 0.6 is 0 Å². The first kappa shape index (κ1) is 27.3. The highest BCUT2D eigenvalue weighted by molar-refractivity contribution is 6.74. The van der Waals surface area contributed by atoms with Gasteiger partial charge in [-0.3, -0.25) is 9.69 Å². The lowest BCUT2D eigenvalue weighted by atomic mass is 9.95. The van der Waals surface area contributed by atoms with Crippen molar-refractivity contribution in [3.8, 4) is 5.75 Å². The summed E-state index contributed by atoms with van der Waals surface area (Å²) in [7, 11) is -2.19. The van der Waals surface area contributed by atoms with Crippen LogP contribution in [0.4, 0.5) is 10.1 Å². The van der Waals surface area contributed by atoms with Gasteiger partial charge in [0, 0.05) is 38.4 Å². The topological polar surface area (TPSA) is 71.0 Å². The molecule has 0 spiro atoms. The van der Waals surface area contributed by atoms with Gasteiger partial charge < -0.3 is 19.6 Å². The molecule has 1 amide bonds. The number of aliphatic hydroxyl groups is 1. The van der Waals surface area contributed by atoms with Crippen molar-refractivity contribution in [2.45, 2.75) is 82.4 Å². The van der Waals surface area contributed by atoms with E-state index in [1.807, 2.05) is 36.4 Å². The van der Waals surface area contributed by atoms with Gasteiger partial charge in [0.05, 0.1) is 17.4 Å². The van der Waals surface area contributed by atoms with E-state index in [0.29, 0.717) is 38.0 Å². The number of hydrogen-bond acceptors (Lipinski definition) is 5. The van der Waals surface area contributed by atoms with E-state index < -0.39 is 19.7 Å². The number of hydrogen-bond donors (Lipinski definition) is 2. The molecule has 0 aromatic heterocycles. The molecule has 206 valence electrons. The number of para-hydroxylation sites is 1. The minimum absolute atomic E-state index is 0.00113. The first-order valence-corrected chi connectivity index (χ1v) is 16.7. The summed E-state index contributed by atoms with van der Waals surface area (Å²) in [6, 6.07) is 13.3. The van der Waals surface area contributed by atoms with E-state index in [4.69, 9.17) is 9.16 Å². The van der Waals surface area contributed by atoms with Gasteiger partial charge in [0.1, 0.15) is 17.7 Å². The van der Waals surface area contributed by atoms with Crippen LogP contribution in [0.15, 0.2) is 42.5 Å². The standard InChI is InChI=1S/C30H41FN2O4Si/c1-29(2,3)38(4,5)37-26(21-13-20-11-12-27(34)32-28(20)25(31)14-21)18-33-17-22-15-24(16-30(22,35)19-33)36-23-9-7-6-8-10-23/h6-10,13-14,22,24,26,35H,11-12,15-19H2,1-5H3,(H,32,34)/t22-,24+,26+,30-/m1/s1. The lowest BCUT2D eigenvalue weighted by Crippen LogP contribution is -2.44. The Labute approximate surface area is 226 Å². The summed E-state index contributed by atoms with van der Waals surface area (Å²) >= 11 is 0. The molecule has 5 rings (SSSR count). The van der Waals surface area contributed by atoms with Crippen LogP contribution in [0, 0.1) is 11.7 Å². The number of carbonyl (C=O) groups is 1. The Balaban J connectivity index is 1.34. The molecule has 2 aromatic rings. The summed E-state index contributed by atoms with van der Waals surface area (Å²) in [5, 5.41) is 14.3. The maximum absolute atomic E-state index is 15.2. The van der Waals surface area contributed by atoms with E-state index in [1.54, 1.807) is 0 Å². The molecule has 1 saturated heterocycles. The molecule has 0 unspecified atom stereocenters. The van der Waals surface area contributed by atoms with Crippen LogP contribution in [-0.4, -0.2) is 55.6 Å². The lowest BCUT2D eigenvalue weighted by Gasteiger charge is -2.40. The molecular formula is C30H41FN2O4Si. The number of likely N-dealkylation sites (tertiary alicyclic amines) is 1. The molecule has 2 fully saturated rings. The Kier molecular flexibility index (Phi) is 7.22. The van der Waals surface area contributed by atoms with Crippen LogP contribution in [0.25, 0.3) is 0 Å². The minimum Gasteiger partial charge on any atom is -0.490 e. The van der Waals surface area contributed by atoms with Crippen LogP contribution in [0.3, 0.4) is 0 Å². The Morgan fingerprint density at radius 3 is 2.63 bits per heavy atom. The van der Waals surface area contributed by atoms with Crippen molar-refractivity contribution in [2.75, 3.05) is 25.0 Å². The fourth-order valence-electron chi connectivity index (χ4n) is 5.94. The summed E-state index contributed by atoms with van der Waals surface area (Å²) in [4.78, 5) is 14.1. The highest BCUT2D eigenvalue weighted by atomic mass is 28.4. The van der Waals surface area contributed by atoms with Gasteiger partial charge in [-0.1, -0.05) is 45.0 Å². The van der Waals surface area contributed by atoms with Crippen LogP contribution in [-0.2, 0) is 15.6 Å². The molecule has 3 aliphatic rings. The van der Waals surface area contributed by atoms with E-state index >= 15 is 4.39 Å². The molecule has 8 heteroatoms. The number of carbonyl (C=O) groups excluding carboxylic acids is 1. The molecule has 1 saturated carbocycles. The number of amides is 1. The molecule has 6 nitrogen and oxygen atoms in total. The number of halogens is 1. The Morgan fingerprint density at radius 2 is 1.95 bits per heavy atom. The Hall–Kier alpha value is -2.26. The summed E-state index contributed by atoms with van der Waals surface area (Å²) in [6.07, 6.45) is 1.96. The van der Waals surface area contributed by atoms with Gasteiger partial charge in [0.2, 0.25) is 5.91 Å². The highest BCUT2D eigenvalue weighted by Crippen LogP contribution is 2.45. The normalized spacial score (nSPS) is 26.6. The number of β-amino-alcohol motifs (C(OH)–C–C–N with tert-alkyl or cyclic N) is 1. The van der Waals surface area contributed by atoms with Crippen molar-refractivity contribution in [2.24, 2.45) is 5.92 Å². The number of rotatable bonds is 7. The fraction of sp³-hybridized carbons (Fsp3) is 0.567. The Bertz CT molecular complexity index is 1180. The predicted octanol–water partition coefficient (Wildman–Crippen LogP) is 5.68. The van der Waals surface area contributed by atoms with E-state index in [-0.39, 0.29) is 29.1 Å². The van der Waals surface area contributed by atoms with Gasteiger partial charge in [-0.25, -0.2) is 4.39 Å². The molecule has 2 aliphatic heterocycles. The van der Waals surface area contributed by atoms with E-state index in [1.165, 1.54) is 6.07 Å². The van der Waals surface area contributed by atoms with E-state index in [2.05, 4.69) is 44.1 Å². The van der Waals surface area contributed by atoms with Crippen molar-refractivity contribution in [1.82, 2.24) is 4.90 Å². The zero-order valence-electron chi connectivity index (χ0n) is 23.2. The van der Waals surface area contributed by atoms with Crippen LogP contribution in [0.2, 0.25) is 18.1 Å². The van der Waals surface area contributed by atoms with Crippen LogP contribution in [0.5, 0.6) is 5.75 Å². The molecule has 2 aromatic carbocycles. The van der Waals surface area contributed by atoms with Crippen molar-refractivity contribution in [3.63, 3.8) is 0 Å². The number of fused-ring (bicyclic) bond motifs is 2. The number of benzene rings is 2. The fourth-order valence-corrected chi connectivity index (χ4v) is 7.22. The first-order valence-electron chi connectivity index (χ1n) is 13.8. The number of ether oxygens (including phenoxy) is 1. The minimum atomic E-state index is -2.19. The third kappa shape index (κ3) is 5.55. The third-order valence-corrected chi connectivity index (χ3v) is 13.5. The van der Waals surface area contributed by atoms with E-state index in [0.717, 1.165) is 29.8 Å². The second-order valence-corrected chi connectivity index (χ2v) is 17.7. The van der Waals surface area contributed by atoms with Gasteiger partial charge >= 0.3 is 0 Å². The molecule has 38 heavy (non-hydrogen) atoms. The van der Waals surface area contributed by atoms with Gasteiger partial charge in [-0.2, -0.15) is 0 Å². The monoisotopic (exact) mass is 540 g/mol. The number of nitrogens with zero attached hydrogens (tertiary/aromatic N) is 1. The molecule has 2 N–H and O–H groups in total. The molecule has 4 atom stereocenters. The zero-order chi connectivity index (χ0) is 27.3. The average Bonchev–Trinajstić information content (AvgIpc) is 3.28. The summed E-state index contributed by atoms with van der Waals surface area (Å²) < 4.78 is 28.3. The quantitative estimate of drug-likeness (QED) is 0.443. The molecule has 0 radical (unpaired) electrons. The Morgan fingerprint density at radius 1 is 1.21 bits per heavy atom. The second kappa shape index (κ2) is 10.0. The summed E-state index contributed by atoms with van der Waals surface area (Å²) in [5.41, 5.74) is 1.12. The van der Waals surface area contributed by atoms with Crippen molar-refractivity contribution < 1.29 is 23.5 Å². The van der Waals surface area contributed by atoms with Gasteiger partial charge in [-0.05, 0) is 60.3 Å². The van der Waals surface area contributed by atoms with E-state index in [9.17, 15) is 9.90 Å². The van der Waals surface area contributed by atoms with Crippen molar-refractivity contribution >= 4 is 19.9 Å². The third-order valence-electron chi connectivity index (χ3n) is 9.03. The summed E-state index contributed by atoms with van der Waals surface area (Å²) in [6.45, 7) is 12.9. The zero-order valence-corrected chi connectivity index (χ0v) is 24.2. The van der Waals surface area contributed by atoms with Gasteiger partial charge in [0.15, 0.2) is 8.32 Å². The van der Waals surface area contributed by atoms with Gasteiger partial charge in [-0.15, -0.1) is 0 Å². The number of anilines is 1. The molecule has 1 aliphatic carbocycles. The maximum atomic E-state index is 15.2. The largest absolute Gasteiger partial charge is 0.490 e. The van der Waals surface area contributed by atoms with Crippen LogP contribution < -0.4 is 10.1 Å². The summed E-state index contributed by atoms with van der Waals surface area (Å²) in [5.74, 6) is 0.406. The average molecular weight is 541 g/mol. The smallest absolute Gasteiger partial charge is 0.224 e. The maximum Gasteiger partial charge on any atom is 0.224 e. The molecule has 2 heterocycles. The molecule has 0 bridgehead atoms. The van der Waals surface area contributed by atoms with Crippen LogP contribution in [0.1, 0.15) is 57.3 Å². The number of nitrogens with one attached hydrogen (secondary N) is 1. The second-order valence-electron chi connectivity index (χ2n) is 12.9. The molecular weight excluding hydrogens is 499 g/mol. The first-order chi connectivity index (χ1) is 17.8. The van der Waals surface area contributed by atoms with Crippen molar-refractivity contribution in [1.29, 1.82) is 0 Å². The SMILES string of the molecule is CC(C)(C)[Si](C)(C)O[C@@H](CN1C[C@H]2C[C@H](Oc3ccccc3)C[C@@]2(O)C1)c1cc(F)c2c(c1)CCC(=O)N2. The number of aryl methyl sites for hydroxylation is 1. The van der Waals surface area contributed by atoms with Gasteiger partial charge in [0.25, 0.3) is 0 Å². The van der Waals surface area contributed by atoms with Crippen molar-refractivity contribution in [3.05, 3.63) is 59.4 Å². The highest BCUT2D eigenvalue weighted by Gasteiger charge is 2.53.